The van der Waals surface area contributed by atoms with E-state index in [2.05, 4.69) is 20.6 Å². The van der Waals surface area contributed by atoms with E-state index in [9.17, 15) is 31.1 Å². The summed E-state index contributed by atoms with van der Waals surface area (Å²) in [5, 5.41) is 15.6. The molecule has 0 bridgehead atoms. The van der Waals surface area contributed by atoms with Crippen LogP contribution < -0.4 is 10.9 Å². The standard InChI is InChI=1S/C27H26F6N6O/c1-3-4-9-17-14-16(2)21(15-34-25(26(28,29)30)27(31,32)33)24(40)39(17)22-13-8-7-11-19(22)18-10-5-6-12-20(18)23-35-37-38-36-23/h5-8,10-14,25,34H,3-4,9,15H2,1-2H3,(H,35,36,37,38). The largest absolute Gasteiger partial charge is 0.412 e. The molecule has 0 aliphatic heterocycles. The Balaban J connectivity index is 1.89. The summed E-state index contributed by atoms with van der Waals surface area (Å²) in [6.07, 6.45) is -9.19. The molecule has 2 heterocycles. The molecule has 4 rings (SSSR count). The number of hydrogen-bond donors (Lipinski definition) is 2. The molecule has 0 radical (unpaired) electrons. The van der Waals surface area contributed by atoms with E-state index in [1.54, 1.807) is 54.6 Å². The van der Waals surface area contributed by atoms with Crippen LogP contribution in [0.25, 0.3) is 28.2 Å². The first-order valence-electron chi connectivity index (χ1n) is 12.5. The maximum Gasteiger partial charge on any atom is 0.412 e. The minimum Gasteiger partial charge on any atom is -0.294 e. The highest BCUT2D eigenvalue weighted by atomic mass is 19.4. The average molecular weight is 565 g/mol. The zero-order chi connectivity index (χ0) is 29.1. The molecule has 0 saturated heterocycles. The number of nitrogens with zero attached hydrogens (tertiary/aromatic N) is 4. The normalized spacial score (nSPS) is 12.3. The number of benzene rings is 2. The fraction of sp³-hybridized carbons (Fsp3) is 0.333. The number of hydrogen-bond acceptors (Lipinski definition) is 5. The molecule has 4 aromatic rings. The van der Waals surface area contributed by atoms with Gasteiger partial charge in [0, 0.05) is 28.9 Å². The lowest BCUT2D eigenvalue weighted by atomic mass is 9.96. The third-order valence-corrected chi connectivity index (χ3v) is 6.48. The smallest absolute Gasteiger partial charge is 0.294 e. The maximum absolute atomic E-state index is 13.9. The lowest BCUT2D eigenvalue weighted by Crippen LogP contribution is -2.52. The highest BCUT2D eigenvalue weighted by Gasteiger charge is 2.56. The summed E-state index contributed by atoms with van der Waals surface area (Å²) in [4.78, 5) is 13.9. The molecule has 2 N–H and O–H groups in total. The van der Waals surface area contributed by atoms with Crippen molar-refractivity contribution in [1.29, 1.82) is 0 Å². The molecule has 0 amide bonds. The number of halogens is 6. The van der Waals surface area contributed by atoms with Crippen LogP contribution in [0.15, 0.2) is 59.4 Å². The van der Waals surface area contributed by atoms with Gasteiger partial charge in [0.2, 0.25) is 11.9 Å². The van der Waals surface area contributed by atoms with Crippen molar-refractivity contribution in [1.82, 2.24) is 30.5 Å². The van der Waals surface area contributed by atoms with E-state index in [1.165, 1.54) is 16.8 Å². The van der Waals surface area contributed by atoms with Gasteiger partial charge in [-0.1, -0.05) is 55.8 Å². The molecule has 212 valence electrons. The van der Waals surface area contributed by atoms with Gasteiger partial charge in [0.1, 0.15) is 0 Å². The van der Waals surface area contributed by atoms with Gasteiger partial charge in [0.15, 0.2) is 0 Å². The van der Waals surface area contributed by atoms with Gasteiger partial charge in [-0.25, -0.2) is 0 Å². The number of aromatic amines is 1. The number of alkyl halides is 6. The van der Waals surface area contributed by atoms with Crippen LogP contribution in [0.4, 0.5) is 26.3 Å². The molecule has 0 aliphatic rings. The minimum atomic E-state index is -5.59. The van der Waals surface area contributed by atoms with Gasteiger partial charge in [-0.3, -0.25) is 14.7 Å². The van der Waals surface area contributed by atoms with Crippen molar-refractivity contribution in [2.45, 2.75) is 58.0 Å². The first kappa shape index (κ1) is 29.0. The summed E-state index contributed by atoms with van der Waals surface area (Å²) in [5.41, 5.74) is 2.26. The van der Waals surface area contributed by atoms with Gasteiger partial charge >= 0.3 is 12.4 Å². The molecular formula is C27H26F6N6O. The van der Waals surface area contributed by atoms with E-state index in [1.807, 2.05) is 6.92 Å². The Kier molecular flexibility index (Phi) is 8.43. The Morgan fingerprint density at radius 3 is 2.17 bits per heavy atom. The summed E-state index contributed by atoms with van der Waals surface area (Å²) in [7, 11) is 0. The molecule has 0 unspecified atom stereocenters. The molecule has 0 spiro atoms. The van der Waals surface area contributed by atoms with Crippen molar-refractivity contribution in [2.24, 2.45) is 0 Å². The fourth-order valence-corrected chi connectivity index (χ4v) is 4.56. The number of unbranched alkanes of at least 4 members (excludes halogenated alkanes) is 1. The minimum absolute atomic E-state index is 0.194. The van der Waals surface area contributed by atoms with Crippen LogP contribution in [-0.4, -0.2) is 43.6 Å². The summed E-state index contributed by atoms with van der Waals surface area (Å²) in [6, 6.07) is 11.9. The summed E-state index contributed by atoms with van der Waals surface area (Å²) >= 11 is 0. The third kappa shape index (κ3) is 6.09. The molecule has 0 saturated carbocycles. The number of aryl methyl sites for hydroxylation is 2. The number of nitrogens with one attached hydrogen (secondary N) is 2. The van der Waals surface area contributed by atoms with Crippen LogP contribution in [0.3, 0.4) is 0 Å². The quantitative estimate of drug-likeness (QED) is 0.247. The molecular weight excluding hydrogens is 538 g/mol. The van der Waals surface area contributed by atoms with Gasteiger partial charge in [0.25, 0.3) is 5.56 Å². The summed E-state index contributed by atoms with van der Waals surface area (Å²) in [5.74, 6) is 0.308. The number of rotatable bonds is 9. The van der Waals surface area contributed by atoms with E-state index in [0.29, 0.717) is 52.3 Å². The van der Waals surface area contributed by atoms with Crippen LogP contribution in [0.2, 0.25) is 0 Å². The van der Waals surface area contributed by atoms with Crippen molar-refractivity contribution >= 4 is 0 Å². The molecule has 13 heteroatoms. The molecule has 2 aromatic heterocycles. The van der Waals surface area contributed by atoms with E-state index < -0.39 is 30.5 Å². The van der Waals surface area contributed by atoms with E-state index >= 15 is 0 Å². The second kappa shape index (κ2) is 11.6. The zero-order valence-electron chi connectivity index (χ0n) is 21.6. The first-order valence-corrected chi connectivity index (χ1v) is 12.5. The lowest BCUT2D eigenvalue weighted by molar-refractivity contribution is -0.258. The summed E-state index contributed by atoms with van der Waals surface area (Å²) < 4.78 is 80.5. The molecule has 7 nitrogen and oxygen atoms in total. The monoisotopic (exact) mass is 564 g/mol. The van der Waals surface area contributed by atoms with Crippen LogP contribution in [0.1, 0.15) is 36.6 Å². The van der Waals surface area contributed by atoms with Gasteiger partial charge in [-0.05, 0) is 48.2 Å². The number of tetrazole rings is 1. The molecule has 2 aromatic carbocycles. The molecule has 0 aliphatic carbocycles. The highest BCUT2D eigenvalue weighted by Crippen LogP contribution is 2.35. The Morgan fingerprint density at radius 1 is 0.950 bits per heavy atom. The van der Waals surface area contributed by atoms with Gasteiger partial charge in [0.05, 0.1) is 5.69 Å². The number of H-pyrrole nitrogens is 1. The van der Waals surface area contributed by atoms with E-state index in [-0.39, 0.29) is 5.56 Å². The van der Waals surface area contributed by atoms with Crippen LogP contribution in [-0.2, 0) is 13.0 Å². The topological polar surface area (TPSA) is 88.5 Å². The Morgan fingerprint density at radius 2 is 1.57 bits per heavy atom. The van der Waals surface area contributed by atoms with Gasteiger partial charge in [-0.15, -0.1) is 10.2 Å². The van der Waals surface area contributed by atoms with Gasteiger partial charge in [-0.2, -0.15) is 31.6 Å². The highest BCUT2D eigenvalue weighted by molar-refractivity contribution is 5.84. The van der Waals surface area contributed by atoms with Crippen molar-refractivity contribution in [3.8, 4) is 28.2 Å². The van der Waals surface area contributed by atoms with Crippen LogP contribution >= 0.6 is 0 Å². The predicted octanol–water partition coefficient (Wildman–Crippen LogP) is 5.92. The van der Waals surface area contributed by atoms with Crippen LogP contribution in [0.5, 0.6) is 0 Å². The Hall–Kier alpha value is -4.00. The number of aromatic nitrogens is 5. The molecule has 0 atom stereocenters. The second-order valence-corrected chi connectivity index (χ2v) is 9.24. The zero-order valence-corrected chi connectivity index (χ0v) is 21.6. The van der Waals surface area contributed by atoms with Crippen molar-refractivity contribution in [3.05, 3.63) is 81.8 Å². The van der Waals surface area contributed by atoms with Crippen molar-refractivity contribution in [2.75, 3.05) is 0 Å². The van der Waals surface area contributed by atoms with Crippen molar-refractivity contribution in [3.63, 3.8) is 0 Å². The van der Waals surface area contributed by atoms with E-state index in [0.717, 1.165) is 6.42 Å². The molecule has 40 heavy (non-hydrogen) atoms. The lowest BCUT2D eigenvalue weighted by Gasteiger charge is -2.25. The van der Waals surface area contributed by atoms with Gasteiger partial charge < -0.3 is 0 Å². The predicted molar refractivity (Wildman–Crippen MR) is 137 cm³/mol. The number of pyridine rings is 1. The third-order valence-electron chi connectivity index (χ3n) is 6.48. The Bertz CT molecular complexity index is 1500. The average Bonchev–Trinajstić information content (AvgIpc) is 3.43. The van der Waals surface area contributed by atoms with Crippen molar-refractivity contribution < 1.29 is 26.3 Å². The Labute approximate surface area is 225 Å². The summed E-state index contributed by atoms with van der Waals surface area (Å²) in [6.45, 7) is 2.55. The van der Waals surface area contributed by atoms with E-state index in [4.69, 9.17) is 0 Å². The van der Waals surface area contributed by atoms with Crippen LogP contribution in [0, 0.1) is 6.92 Å². The second-order valence-electron chi connectivity index (χ2n) is 9.24. The first-order chi connectivity index (χ1) is 18.9. The maximum atomic E-state index is 13.9. The number of para-hydroxylation sites is 1. The SMILES string of the molecule is CCCCc1cc(C)c(CNC(C(F)(F)F)C(F)(F)F)c(=O)n1-c1ccccc1-c1ccccc1-c1nn[nH]n1. The molecule has 0 fully saturated rings. The fourth-order valence-electron chi connectivity index (χ4n) is 4.56.